The zero-order chi connectivity index (χ0) is 16.8. The van der Waals surface area contributed by atoms with Crippen molar-refractivity contribution in [1.82, 2.24) is 20.9 Å². The lowest BCUT2D eigenvalue weighted by molar-refractivity contribution is -0.124. The van der Waals surface area contributed by atoms with E-state index in [4.69, 9.17) is 11.6 Å². The number of amides is 3. The summed E-state index contributed by atoms with van der Waals surface area (Å²) in [6.07, 6.45) is 0. The Labute approximate surface area is 163 Å². The predicted molar refractivity (Wildman–Crippen MR) is 105 cm³/mol. The molecule has 3 amide bonds. The molecule has 1 heterocycles. The molecular formula is C15H21ClIN5O2. The summed E-state index contributed by atoms with van der Waals surface area (Å²) < 4.78 is 0. The Balaban J connectivity index is 0.00000288. The van der Waals surface area contributed by atoms with Gasteiger partial charge in [-0.25, -0.2) is 4.79 Å². The van der Waals surface area contributed by atoms with Crippen molar-refractivity contribution in [2.75, 3.05) is 26.7 Å². The van der Waals surface area contributed by atoms with E-state index < -0.39 is 0 Å². The van der Waals surface area contributed by atoms with Crippen LogP contribution in [0.1, 0.15) is 18.5 Å². The van der Waals surface area contributed by atoms with E-state index in [9.17, 15) is 9.59 Å². The summed E-state index contributed by atoms with van der Waals surface area (Å²) in [6.45, 7) is 2.79. The van der Waals surface area contributed by atoms with Crippen LogP contribution in [0.3, 0.4) is 0 Å². The van der Waals surface area contributed by atoms with Crippen molar-refractivity contribution in [2.24, 2.45) is 4.99 Å². The Hall–Kier alpha value is -1.55. The number of carbonyl (C=O) groups is 2. The van der Waals surface area contributed by atoms with Crippen molar-refractivity contribution in [3.05, 3.63) is 34.9 Å². The number of imide groups is 1. The monoisotopic (exact) mass is 465 g/mol. The van der Waals surface area contributed by atoms with Crippen molar-refractivity contribution >= 4 is 53.5 Å². The molecule has 1 aliphatic heterocycles. The van der Waals surface area contributed by atoms with Crippen molar-refractivity contribution in [3.8, 4) is 0 Å². The molecule has 1 aromatic rings. The molecule has 1 fully saturated rings. The average molecular weight is 466 g/mol. The van der Waals surface area contributed by atoms with Crippen molar-refractivity contribution in [3.63, 3.8) is 0 Å². The van der Waals surface area contributed by atoms with Gasteiger partial charge in [0, 0.05) is 25.2 Å². The number of benzene rings is 1. The van der Waals surface area contributed by atoms with Gasteiger partial charge in [0.15, 0.2) is 5.96 Å². The standard InChI is InChI=1S/C15H20ClN5O2.HI/c1-10(11-3-5-12(16)6-4-11)20-14(17-2)18-7-8-21-13(22)9-19-15(21)23;/h3-6,10H,7-9H2,1-2H3,(H,19,23)(H2,17,18,20);1H. The molecule has 3 N–H and O–H groups in total. The zero-order valence-corrected chi connectivity index (χ0v) is 16.6. The van der Waals surface area contributed by atoms with Crippen LogP contribution in [0, 0.1) is 0 Å². The van der Waals surface area contributed by atoms with Gasteiger partial charge in [0.25, 0.3) is 0 Å². The van der Waals surface area contributed by atoms with E-state index in [2.05, 4.69) is 20.9 Å². The number of urea groups is 1. The molecular weight excluding hydrogens is 445 g/mol. The van der Waals surface area contributed by atoms with Gasteiger partial charge in [-0.05, 0) is 24.6 Å². The molecule has 1 unspecified atom stereocenters. The largest absolute Gasteiger partial charge is 0.355 e. The number of halogens is 2. The first-order chi connectivity index (χ1) is 11.0. The molecule has 0 bridgehead atoms. The average Bonchev–Trinajstić information content (AvgIpc) is 2.86. The number of carbonyl (C=O) groups excluding carboxylic acids is 2. The summed E-state index contributed by atoms with van der Waals surface area (Å²) in [5, 5.41) is 9.50. The maximum atomic E-state index is 11.5. The Morgan fingerprint density at radius 3 is 2.58 bits per heavy atom. The lowest BCUT2D eigenvalue weighted by Gasteiger charge is -2.19. The highest BCUT2D eigenvalue weighted by Gasteiger charge is 2.27. The number of nitrogens with zero attached hydrogens (tertiary/aromatic N) is 2. The fourth-order valence-electron chi connectivity index (χ4n) is 2.20. The molecule has 0 radical (unpaired) electrons. The normalized spacial score (nSPS) is 15.6. The summed E-state index contributed by atoms with van der Waals surface area (Å²) in [5.74, 6) is 0.383. The second-order valence-corrected chi connectivity index (χ2v) is 5.56. The van der Waals surface area contributed by atoms with E-state index in [1.807, 2.05) is 31.2 Å². The third-order valence-electron chi connectivity index (χ3n) is 3.51. The van der Waals surface area contributed by atoms with Crippen LogP contribution in [0.5, 0.6) is 0 Å². The van der Waals surface area contributed by atoms with E-state index >= 15 is 0 Å². The second kappa shape index (κ2) is 9.67. The molecule has 0 saturated carbocycles. The maximum absolute atomic E-state index is 11.5. The first-order valence-corrected chi connectivity index (χ1v) is 7.70. The molecule has 0 spiro atoms. The Kier molecular flexibility index (Phi) is 8.26. The van der Waals surface area contributed by atoms with E-state index in [0.717, 1.165) is 5.56 Å². The first kappa shape index (κ1) is 20.5. The second-order valence-electron chi connectivity index (χ2n) is 5.12. The highest BCUT2D eigenvalue weighted by molar-refractivity contribution is 14.0. The Morgan fingerprint density at radius 2 is 2.04 bits per heavy atom. The van der Waals surface area contributed by atoms with Crippen LogP contribution in [-0.2, 0) is 4.79 Å². The van der Waals surface area contributed by atoms with Crippen LogP contribution in [-0.4, -0.2) is 49.5 Å². The van der Waals surface area contributed by atoms with Crippen LogP contribution >= 0.6 is 35.6 Å². The van der Waals surface area contributed by atoms with E-state index in [1.165, 1.54) is 4.90 Å². The Morgan fingerprint density at radius 1 is 1.38 bits per heavy atom. The highest BCUT2D eigenvalue weighted by Crippen LogP contribution is 2.15. The minimum Gasteiger partial charge on any atom is -0.355 e. The summed E-state index contributed by atoms with van der Waals surface area (Å²) in [7, 11) is 1.66. The lowest BCUT2D eigenvalue weighted by Crippen LogP contribution is -2.43. The van der Waals surface area contributed by atoms with Gasteiger partial charge in [0.05, 0.1) is 12.6 Å². The third kappa shape index (κ3) is 5.52. The molecule has 24 heavy (non-hydrogen) atoms. The number of guanidine groups is 1. The van der Waals surface area contributed by atoms with Gasteiger partial charge in [-0.2, -0.15) is 0 Å². The lowest BCUT2D eigenvalue weighted by atomic mass is 10.1. The van der Waals surface area contributed by atoms with Crippen molar-refractivity contribution in [2.45, 2.75) is 13.0 Å². The molecule has 0 aromatic heterocycles. The van der Waals surface area contributed by atoms with Gasteiger partial charge < -0.3 is 16.0 Å². The number of hydrogen-bond donors (Lipinski definition) is 3. The van der Waals surface area contributed by atoms with Crippen LogP contribution in [0.15, 0.2) is 29.3 Å². The highest BCUT2D eigenvalue weighted by atomic mass is 127. The smallest absolute Gasteiger partial charge is 0.324 e. The fourth-order valence-corrected chi connectivity index (χ4v) is 2.33. The molecule has 1 aromatic carbocycles. The van der Waals surface area contributed by atoms with Gasteiger partial charge in [-0.1, -0.05) is 23.7 Å². The predicted octanol–water partition coefficient (Wildman–Crippen LogP) is 1.74. The van der Waals surface area contributed by atoms with E-state index in [1.54, 1.807) is 7.05 Å². The summed E-state index contributed by atoms with van der Waals surface area (Å²) in [6, 6.07) is 7.25. The molecule has 1 atom stereocenters. The molecule has 0 aliphatic carbocycles. The SMILES string of the molecule is CN=C(NCCN1C(=O)CNC1=O)NC(C)c1ccc(Cl)cc1.I. The van der Waals surface area contributed by atoms with Gasteiger partial charge in [0.2, 0.25) is 5.91 Å². The van der Waals surface area contributed by atoms with Crippen molar-refractivity contribution in [1.29, 1.82) is 0 Å². The summed E-state index contributed by atoms with van der Waals surface area (Å²) in [4.78, 5) is 28.2. The topological polar surface area (TPSA) is 85.8 Å². The van der Waals surface area contributed by atoms with Crippen LogP contribution in [0.25, 0.3) is 0 Å². The van der Waals surface area contributed by atoms with Crippen LogP contribution in [0.2, 0.25) is 5.02 Å². The van der Waals surface area contributed by atoms with Crippen LogP contribution in [0.4, 0.5) is 4.79 Å². The van der Waals surface area contributed by atoms with Gasteiger partial charge in [-0.15, -0.1) is 24.0 Å². The number of hydrogen-bond acceptors (Lipinski definition) is 3. The molecule has 7 nitrogen and oxygen atoms in total. The van der Waals surface area contributed by atoms with Crippen molar-refractivity contribution < 1.29 is 9.59 Å². The fraction of sp³-hybridized carbons (Fsp3) is 0.400. The number of nitrogens with one attached hydrogen (secondary N) is 3. The minimum absolute atomic E-state index is 0. The van der Waals surface area contributed by atoms with E-state index in [0.29, 0.717) is 24.1 Å². The summed E-state index contributed by atoms with van der Waals surface area (Å²) >= 11 is 5.88. The van der Waals surface area contributed by atoms with Crippen LogP contribution < -0.4 is 16.0 Å². The molecule has 1 aliphatic rings. The third-order valence-corrected chi connectivity index (χ3v) is 3.76. The summed E-state index contributed by atoms with van der Waals surface area (Å²) in [5.41, 5.74) is 1.08. The zero-order valence-electron chi connectivity index (χ0n) is 13.5. The molecule has 132 valence electrons. The Bertz CT molecular complexity index is 592. The maximum Gasteiger partial charge on any atom is 0.324 e. The van der Waals surface area contributed by atoms with E-state index in [-0.39, 0.29) is 48.5 Å². The first-order valence-electron chi connectivity index (χ1n) is 7.32. The van der Waals surface area contributed by atoms with Gasteiger partial charge in [-0.3, -0.25) is 14.7 Å². The molecule has 1 saturated heterocycles. The number of aliphatic imine (C=N–C) groups is 1. The quantitative estimate of drug-likeness (QED) is 0.268. The minimum atomic E-state index is -0.353. The van der Waals surface area contributed by atoms with Gasteiger partial charge in [0.1, 0.15) is 0 Å². The number of rotatable bonds is 5. The van der Waals surface area contributed by atoms with Gasteiger partial charge >= 0.3 is 6.03 Å². The molecule has 9 heteroatoms. The molecule has 2 rings (SSSR count).